The van der Waals surface area contributed by atoms with Gasteiger partial charge in [-0.3, -0.25) is 4.79 Å². The molecule has 1 amide bonds. The lowest BCUT2D eigenvalue weighted by Crippen LogP contribution is -2.30. The largest absolute Gasteiger partial charge is 0.478 e. The van der Waals surface area contributed by atoms with Gasteiger partial charge in [-0.15, -0.1) is 11.3 Å². The van der Waals surface area contributed by atoms with Crippen LogP contribution in [0.2, 0.25) is 0 Å². The maximum Gasteiger partial charge on any atom is 0.328 e. The molecule has 0 aliphatic carbocycles. The number of aliphatic carboxylic acids is 1. The zero-order valence-electron chi connectivity index (χ0n) is 11.9. The number of carbonyl (C=O) groups excluding carboxylic acids is 1. The van der Waals surface area contributed by atoms with Crippen LogP contribution in [-0.2, 0) is 4.79 Å². The third kappa shape index (κ3) is 4.89. The number of amides is 1. The van der Waals surface area contributed by atoms with E-state index in [9.17, 15) is 9.59 Å². The lowest BCUT2D eigenvalue weighted by atomic mass is 10.0. The molecule has 1 aromatic rings. The molecule has 0 saturated carbocycles. The van der Waals surface area contributed by atoms with Crippen LogP contribution in [0.15, 0.2) is 12.1 Å². The monoisotopic (exact) mass is 325 g/mol. The Labute approximate surface area is 132 Å². The minimum absolute atomic E-state index is 0.0590. The van der Waals surface area contributed by atoms with E-state index in [0.29, 0.717) is 10.8 Å². The van der Waals surface area contributed by atoms with Crippen LogP contribution in [0.1, 0.15) is 33.0 Å². The highest BCUT2D eigenvalue weighted by atomic mass is 32.2. The van der Waals surface area contributed by atoms with E-state index in [2.05, 4.69) is 5.32 Å². The third-order valence-corrected chi connectivity index (χ3v) is 5.70. The minimum Gasteiger partial charge on any atom is -0.478 e. The maximum absolute atomic E-state index is 12.1. The predicted molar refractivity (Wildman–Crippen MR) is 88.1 cm³/mol. The fourth-order valence-corrected chi connectivity index (χ4v) is 4.39. The number of nitrogens with one attached hydrogen (secondary N) is 1. The molecule has 1 saturated heterocycles. The summed E-state index contributed by atoms with van der Waals surface area (Å²) in [6.07, 6.45) is 4.97. The Morgan fingerprint density at radius 2 is 2.14 bits per heavy atom. The Morgan fingerprint density at radius 1 is 1.43 bits per heavy atom. The molecule has 2 N–H and O–H groups in total. The van der Waals surface area contributed by atoms with Gasteiger partial charge in [0.25, 0.3) is 5.91 Å². The number of carbonyl (C=O) groups is 2. The van der Waals surface area contributed by atoms with Crippen LogP contribution in [0.4, 0.5) is 0 Å². The number of carboxylic acid groups (broad SMARTS) is 1. The fourth-order valence-electron chi connectivity index (χ4n) is 2.20. The van der Waals surface area contributed by atoms with Crippen molar-refractivity contribution in [2.45, 2.75) is 19.8 Å². The second-order valence-corrected chi connectivity index (χ2v) is 7.40. The van der Waals surface area contributed by atoms with Gasteiger partial charge in [-0.1, -0.05) is 0 Å². The molecule has 0 unspecified atom stereocenters. The van der Waals surface area contributed by atoms with Gasteiger partial charge in [0, 0.05) is 17.5 Å². The molecule has 0 bridgehead atoms. The van der Waals surface area contributed by atoms with E-state index in [1.165, 1.54) is 41.8 Å². The molecule has 114 valence electrons. The molecule has 1 aliphatic heterocycles. The van der Waals surface area contributed by atoms with E-state index in [-0.39, 0.29) is 5.91 Å². The van der Waals surface area contributed by atoms with Crippen molar-refractivity contribution in [3.05, 3.63) is 27.5 Å². The van der Waals surface area contributed by atoms with Crippen LogP contribution < -0.4 is 5.32 Å². The average Bonchev–Trinajstić information content (AvgIpc) is 2.85. The summed E-state index contributed by atoms with van der Waals surface area (Å²) >= 11 is 3.31. The third-order valence-electron chi connectivity index (χ3n) is 3.45. The smallest absolute Gasteiger partial charge is 0.328 e. The molecule has 6 heteroatoms. The second-order valence-electron chi connectivity index (χ2n) is 5.10. The number of aryl methyl sites for hydroxylation is 1. The number of carboxylic acids is 1. The second kappa shape index (κ2) is 7.66. The van der Waals surface area contributed by atoms with Gasteiger partial charge in [0.1, 0.15) is 0 Å². The van der Waals surface area contributed by atoms with Crippen LogP contribution in [-0.4, -0.2) is 35.0 Å². The summed E-state index contributed by atoms with van der Waals surface area (Å²) < 4.78 is 0. The highest BCUT2D eigenvalue weighted by Gasteiger charge is 2.16. The maximum atomic E-state index is 12.1. The zero-order valence-corrected chi connectivity index (χ0v) is 13.6. The Bertz CT molecular complexity index is 545. The van der Waals surface area contributed by atoms with Crippen molar-refractivity contribution >= 4 is 41.1 Å². The molecule has 0 aromatic carbocycles. The van der Waals surface area contributed by atoms with Crippen LogP contribution in [0.5, 0.6) is 0 Å². The van der Waals surface area contributed by atoms with Crippen molar-refractivity contribution in [1.29, 1.82) is 0 Å². The molecule has 2 rings (SSSR count). The molecule has 21 heavy (non-hydrogen) atoms. The van der Waals surface area contributed by atoms with Crippen molar-refractivity contribution < 1.29 is 14.7 Å². The SMILES string of the molecule is Cc1cc(C(=O)NCC2CCSCC2)sc1/C=C/C(=O)O. The van der Waals surface area contributed by atoms with E-state index in [0.717, 1.165) is 23.1 Å². The van der Waals surface area contributed by atoms with Crippen molar-refractivity contribution in [2.75, 3.05) is 18.1 Å². The molecule has 0 atom stereocenters. The summed E-state index contributed by atoms with van der Waals surface area (Å²) in [5.41, 5.74) is 0.928. The lowest BCUT2D eigenvalue weighted by molar-refractivity contribution is -0.131. The molecule has 4 nitrogen and oxygen atoms in total. The summed E-state index contributed by atoms with van der Waals surface area (Å²) in [6.45, 7) is 2.61. The number of hydrogen-bond acceptors (Lipinski definition) is 4. The van der Waals surface area contributed by atoms with Crippen LogP contribution in [0, 0.1) is 12.8 Å². The van der Waals surface area contributed by atoms with Crippen LogP contribution in [0.25, 0.3) is 6.08 Å². The van der Waals surface area contributed by atoms with Crippen LogP contribution in [0.3, 0.4) is 0 Å². The Balaban J connectivity index is 1.93. The predicted octanol–water partition coefficient (Wildman–Crippen LogP) is 3.03. The van der Waals surface area contributed by atoms with Gasteiger partial charge in [-0.25, -0.2) is 4.79 Å². The molecule has 2 heterocycles. The quantitative estimate of drug-likeness (QED) is 0.817. The zero-order chi connectivity index (χ0) is 15.2. The van der Waals surface area contributed by atoms with Gasteiger partial charge < -0.3 is 10.4 Å². The first kappa shape index (κ1) is 16.1. The fraction of sp³-hybridized carbons (Fsp3) is 0.467. The van der Waals surface area contributed by atoms with Crippen LogP contribution >= 0.6 is 23.1 Å². The van der Waals surface area contributed by atoms with Gasteiger partial charge in [0.15, 0.2) is 0 Å². The van der Waals surface area contributed by atoms with E-state index in [1.807, 2.05) is 24.8 Å². The summed E-state index contributed by atoms with van der Waals surface area (Å²) in [5.74, 6) is 1.91. The molecule has 0 spiro atoms. The molecule has 1 aromatic heterocycles. The van der Waals surface area contributed by atoms with E-state index in [4.69, 9.17) is 5.11 Å². The standard InChI is InChI=1S/C15H19NO3S2/c1-10-8-13(21-12(10)2-3-14(17)18)15(19)16-9-11-4-6-20-7-5-11/h2-3,8,11H,4-7,9H2,1H3,(H,16,19)(H,17,18)/b3-2+. The first-order valence-corrected chi connectivity index (χ1v) is 8.90. The number of rotatable bonds is 5. The lowest BCUT2D eigenvalue weighted by Gasteiger charge is -2.21. The summed E-state index contributed by atoms with van der Waals surface area (Å²) in [5, 5.41) is 11.6. The van der Waals surface area contributed by atoms with Gasteiger partial charge in [-0.05, 0) is 54.9 Å². The van der Waals surface area contributed by atoms with Crippen molar-refractivity contribution in [2.24, 2.45) is 5.92 Å². The van der Waals surface area contributed by atoms with Crippen molar-refractivity contribution in [1.82, 2.24) is 5.32 Å². The topological polar surface area (TPSA) is 66.4 Å². The number of hydrogen-bond donors (Lipinski definition) is 2. The Kier molecular flexibility index (Phi) is 5.87. The van der Waals surface area contributed by atoms with Gasteiger partial charge >= 0.3 is 5.97 Å². The van der Waals surface area contributed by atoms with Gasteiger partial charge in [-0.2, -0.15) is 11.8 Å². The first-order chi connectivity index (χ1) is 10.1. The molecule has 0 radical (unpaired) electrons. The highest BCUT2D eigenvalue weighted by molar-refractivity contribution is 7.99. The van der Waals surface area contributed by atoms with Gasteiger partial charge in [0.2, 0.25) is 0 Å². The Hall–Kier alpha value is -1.27. The number of thiophene rings is 1. The minimum atomic E-state index is -0.982. The highest BCUT2D eigenvalue weighted by Crippen LogP contribution is 2.24. The average molecular weight is 325 g/mol. The van der Waals surface area contributed by atoms with Crippen molar-refractivity contribution in [3.8, 4) is 0 Å². The normalized spacial score (nSPS) is 16.2. The van der Waals surface area contributed by atoms with E-state index >= 15 is 0 Å². The molecular weight excluding hydrogens is 306 g/mol. The van der Waals surface area contributed by atoms with E-state index in [1.54, 1.807) is 0 Å². The van der Waals surface area contributed by atoms with E-state index < -0.39 is 5.97 Å². The Morgan fingerprint density at radius 3 is 2.81 bits per heavy atom. The summed E-state index contributed by atoms with van der Waals surface area (Å²) in [4.78, 5) is 24.1. The summed E-state index contributed by atoms with van der Waals surface area (Å²) in [6, 6.07) is 1.82. The molecule has 1 fully saturated rings. The van der Waals surface area contributed by atoms with Crippen molar-refractivity contribution in [3.63, 3.8) is 0 Å². The number of thioether (sulfide) groups is 1. The first-order valence-electron chi connectivity index (χ1n) is 6.93. The van der Waals surface area contributed by atoms with Gasteiger partial charge in [0.05, 0.1) is 4.88 Å². The summed E-state index contributed by atoms with van der Waals surface area (Å²) in [7, 11) is 0. The molecular formula is C15H19NO3S2. The molecule has 1 aliphatic rings.